The van der Waals surface area contributed by atoms with Crippen molar-refractivity contribution < 1.29 is 23.8 Å². The Balaban J connectivity index is 1.43. The smallest absolute Gasteiger partial charge is 0.293 e. The number of hydrogen-bond donors (Lipinski definition) is 0. The molecule has 1 heterocycles. The number of benzene rings is 3. The quantitative estimate of drug-likeness (QED) is 0.187. The van der Waals surface area contributed by atoms with Gasteiger partial charge in [-0.1, -0.05) is 41.4 Å². The van der Waals surface area contributed by atoms with E-state index in [1.807, 2.05) is 37.3 Å². The molecule has 6 nitrogen and oxygen atoms in total. The maximum absolute atomic E-state index is 12.9. The molecule has 3 aromatic carbocycles. The Bertz CT molecular complexity index is 1290. The third kappa shape index (κ3) is 6.54. The van der Waals surface area contributed by atoms with Crippen molar-refractivity contribution in [2.75, 3.05) is 20.3 Å². The molecule has 1 saturated heterocycles. The lowest BCUT2D eigenvalue weighted by Gasteiger charge is -2.14. The summed E-state index contributed by atoms with van der Waals surface area (Å²) >= 11 is 8.96. The van der Waals surface area contributed by atoms with Crippen LogP contribution in [0.1, 0.15) is 16.7 Å². The van der Waals surface area contributed by atoms with E-state index in [2.05, 4.69) is 22.6 Å². The van der Waals surface area contributed by atoms with Crippen molar-refractivity contribution in [3.63, 3.8) is 0 Å². The predicted molar refractivity (Wildman–Crippen MR) is 151 cm³/mol. The summed E-state index contributed by atoms with van der Waals surface area (Å²) in [6.45, 7) is 2.78. The Labute approximate surface area is 232 Å². The first-order valence-corrected chi connectivity index (χ1v) is 13.3. The van der Waals surface area contributed by atoms with Gasteiger partial charge in [-0.15, -0.1) is 0 Å². The summed E-state index contributed by atoms with van der Waals surface area (Å²) < 4.78 is 18.1. The monoisotopic (exact) mass is 635 g/mol. The van der Waals surface area contributed by atoms with Gasteiger partial charge in [-0.3, -0.25) is 14.5 Å². The molecule has 0 unspecified atom stereocenters. The topological polar surface area (TPSA) is 65.1 Å². The SMILES string of the molecule is COc1cc(/C=C2\SC(=O)N(CCOc3ccc(Cl)cc3)C2=O)cc(I)c1OCc1ccc(C)cc1. The molecule has 0 N–H and O–H groups in total. The Hall–Kier alpha value is -2.69. The van der Waals surface area contributed by atoms with E-state index >= 15 is 0 Å². The molecule has 0 bridgehead atoms. The average molecular weight is 636 g/mol. The van der Waals surface area contributed by atoms with Crippen LogP contribution in [0.5, 0.6) is 17.2 Å². The van der Waals surface area contributed by atoms with Crippen LogP contribution in [-0.4, -0.2) is 36.3 Å². The number of aryl methyl sites for hydroxylation is 1. The Morgan fingerprint density at radius 1 is 1.03 bits per heavy atom. The Morgan fingerprint density at radius 3 is 2.44 bits per heavy atom. The summed E-state index contributed by atoms with van der Waals surface area (Å²) in [5.74, 6) is 1.45. The Morgan fingerprint density at radius 2 is 1.75 bits per heavy atom. The van der Waals surface area contributed by atoms with Gasteiger partial charge < -0.3 is 14.2 Å². The molecule has 0 aliphatic carbocycles. The summed E-state index contributed by atoms with van der Waals surface area (Å²) in [6, 6.07) is 18.7. The van der Waals surface area contributed by atoms with Crippen molar-refractivity contribution >= 4 is 63.2 Å². The molecule has 0 atom stereocenters. The van der Waals surface area contributed by atoms with Gasteiger partial charge in [0.2, 0.25) is 0 Å². The highest BCUT2D eigenvalue weighted by Crippen LogP contribution is 2.37. The number of carbonyl (C=O) groups excluding carboxylic acids is 2. The fraction of sp³-hybridized carbons (Fsp3) is 0.185. The van der Waals surface area contributed by atoms with Gasteiger partial charge in [0.05, 0.1) is 22.1 Å². The number of nitrogens with zero attached hydrogens (tertiary/aromatic N) is 1. The molecule has 0 spiro atoms. The minimum absolute atomic E-state index is 0.150. The molecule has 2 amide bonds. The first kappa shape index (κ1) is 26.4. The molecule has 0 aromatic heterocycles. The van der Waals surface area contributed by atoms with Crippen LogP contribution < -0.4 is 14.2 Å². The van der Waals surface area contributed by atoms with Gasteiger partial charge in [0.25, 0.3) is 11.1 Å². The molecule has 9 heteroatoms. The van der Waals surface area contributed by atoms with E-state index in [1.54, 1.807) is 43.5 Å². The largest absolute Gasteiger partial charge is 0.493 e. The second-order valence-electron chi connectivity index (χ2n) is 7.94. The highest BCUT2D eigenvalue weighted by molar-refractivity contribution is 14.1. The molecule has 1 fully saturated rings. The molecule has 0 radical (unpaired) electrons. The zero-order valence-corrected chi connectivity index (χ0v) is 23.4. The molecule has 4 rings (SSSR count). The number of ether oxygens (including phenoxy) is 3. The van der Waals surface area contributed by atoms with E-state index in [0.29, 0.717) is 33.8 Å². The lowest BCUT2D eigenvalue weighted by molar-refractivity contribution is -0.123. The van der Waals surface area contributed by atoms with Gasteiger partial charge in [0.1, 0.15) is 19.0 Å². The highest BCUT2D eigenvalue weighted by Gasteiger charge is 2.35. The number of carbonyl (C=O) groups is 2. The number of halogens is 2. The van der Waals surface area contributed by atoms with E-state index in [9.17, 15) is 9.59 Å². The van der Waals surface area contributed by atoms with Crippen molar-refractivity contribution in [3.05, 3.63) is 90.9 Å². The van der Waals surface area contributed by atoms with Crippen LogP contribution >= 0.6 is 46.0 Å². The number of amides is 2. The van der Waals surface area contributed by atoms with Crippen LogP contribution in [-0.2, 0) is 11.4 Å². The van der Waals surface area contributed by atoms with Crippen LogP contribution in [0.4, 0.5) is 4.79 Å². The summed E-state index contributed by atoms with van der Waals surface area (Å²) in [4.78, 5) is 26.9. The zero-order valence-electron chi connectivity index (χ0n) is 19.6. The van der Waals surface area contributed by atoms with Gasteiger partial charge >= 0.3 is 0 Å². The number of hydrogen-bond acceptors (Lipinski definition) is 6. The van der Waals surface area contributed by atoms with Gasteiger partial charge in [-0.05, 0) is 94.9 Å². The molecule has 3 aromatic rings. The molecule has 1 aliphatic rings. The van der Waals surface area contributed by atoms with E-state index < -0.39 is 0 Å². The van der Waals surface area contributed by atoms with Gasteiger partial charge in [0, 0.05) is 5.02 Å². The lowest BCUT2D eigenvalue weighted by atomic mass is 10.1. The average Bonchev–Trinajstić information content (AvgIpc) is 3.12. The summed E-state index contributed by atoms with van der Waals surface area (Å²) in [6.07, 6.45) is 1.69. The third-order valence-corrected chi connectivity index (χ3v) is 7.28. The first-order chi connectivity index (χ1) is 17.3. The molecule has 0 saturated carbocycles. The van der Waals surface area contributed by atoms with Crippen molar-refractivity contribution in [3.8, 4) is 17.2 Å². The van der Waals surface area contributed by atoms with Crippen molar-refractivity contribution in [2.45, 2.75) is 13.5 Å². The minimum Gasteiger partial charge on any atom is -0.493 e. The maximum atomic E-state index is 12.9. The second-order valence-corrected chi connectivity index (χ2v) is 10.5. The number of methoxy groups -OCH3 is 1. The zero-order chi connectivity index (χ0) is 25.7. The number of imide groups is 1. The van der Waals surface area contributed by atoms with Gasteiger partial charge in [-0.25, -0.2) is 0 Å². The molecular formula is C27H23ClINO5S. The van der Waals surface area contributed by atoms with Crippen LogP contribution in [0, 0.1) is 10.5 Å². The van der Waals surface area contributed by atoms with E-state index in [-0.39, 0.29) is 24.3 Å². The summed E-state index contributed by atoms with van der Waals surface area (Å²) in [7, 11) is 1.57. The fourth-order valence-corrected chi connectivity index (χ4v) is 5.20. The molecule has 36 heavy (non-hydrogen) atoms. The van der Waals surface area contributed by atoms with Gasteiger partial charge in [0.15, 0.2) is 11.5 Å². The lowest BCUT2D eigenvalue weighted by Crippen LogP contribution is -2.32. The van der Waals surface area contributed by atoms with Crippen LogP contribution in [0.15, 0.2) is 65.6 Å². The van der Waals surface area contributed by atoms with Crippen LogP contribution in [0.25, 0.3) is 6.08 Å². The van der Waals surface area contributed by atoms with Crippen LogP contribution in [0.2, 0.25) is 5.02 Å². The second kappa shape index (κ2) is 12.0. The number of thioether (sulfide) groups is 1. The van der Waals surface area contributed by atoms with E-state index in [0.717, 1.165) is 26.5 Å². The maximum Gasteiger partial charge on any atom is 0.293 e. The fourth-order valence-electron chi connectivity index (χ4n) is 3.43. The Kier molecular flexibility index (Phi) is 8.81. The van der Waals surface area contributed by atoms with E-state index in [4.69, 9.17) is 25.8 Å². The number of rotatable bonds is 9. The van der Waals surface area contributed by atoms with Crippen molar-refractivity contribution in [2.24, 2.45) is 0 Å². The third-order valence-electron chi connectivity index (χ3n) is 5.32. The van der Waals surface area contributed by atoms with Crippen molar-refractivity contribution in [1.29, 1.82) is 0 Å². The first-order valence-electron chi connectivity index (χ1n) is 11.0. The van der Waals surface area contributed by atoms with Crippen LogP contribution in [0.3, 0.4) is 0 Å². The molecular weight excluding hydrogens is 613 g/mol. The molecule has 186 valence electrons. The van der Waals surface area contributed by atoms with Crippen molar-refractivity contribution in [1.82, 2.24) is 4.90 Å². The van der Waals surface area contributed by atoms with Gasteiger partial charge in [-0.2, -0.15) is 0 Å². The minimum atomic E-state index is -0.349. The van der Waals surface area contributed by atoms with E-state index in [1.165, 1.54) is 10.5 Å². The molecule has 1 aliphatic heterocycles. The highest BCUT2D eigenvalue weighted by atomic mass is 127. The summed E-state index contributed by atoms with van der Waals surface area (Å²) in [5.41, 5.74) is 2.98. The normalized spacial score (nSPS) is 14.4. The summed E-state index contributed by atoms with van der Waals surface area (Å²) in [5, 5.41) is 0.279. The standard InChI is InChI=1S/C27H23ClINO5S/c1-17-3-5-18(6-4-17)16-35-25-22(29)13-19(14-23(25)33-2)15-24-26(31)30(27(32)36-24)11-12-34-21-9-7-20(28)8-10-21/h3-10,13-15H,11-12,16H2,1-2H3/b24-15-. The predicted octanol–water partition coefficient (Wildman–Crippen LogP) is 6.96.